The lowest BCUT2D eigenvalue weighted by Gasteiger charge is -2.35. The van der Waals surface area contributed by atoms with Crippen molar-refractivity contribution in [3.05, 3.63) is 53.1 Å². The van der Waals surface area contributed by atoms with Crippen molar-refractivity contribution in [1.29, 1.82) is 0 Å². The maximum absolute atomic E-state index is 13.0. The van der Waals surface area contributed by atoms with Gasteiger partial charge in [-0.1, -0.05) is 18.2 Å². The van der Waals surface area contributed by atoms with Crippen LogP contribution in [0.25, 0.3) is 0 Å². The number of nitrogens with one attached hydrogen (secondary N) is 1. The molecule has 2 aliphatic rings. The van der Waals surface area contributed by atoms with Gasteiger partial charge in [-0.3, -0.25) is 14.5 Å². The van der Waals surface area contributed by atoms with Crippen LogP contribution in [0.4, 0.5) is 0 Å². The molecule has 0 bridgehead atoms. The lowest BCUT2D eigenvalue weighted by Crippen LogP contribution is -2.48. The van der Waals surface area contributed by atoms with Gasteiger partial charge in [-0.25, -0.2) is 5.43 Å². The minimum Gasteiger partial charge on any atom is -0.493 e. The lowest BCUT2D eigenvalue weighted by molar-refractivity contribution is -0.121. The number of benzene rings is 2. The molecule has 0 saturated carbocycles. The SMILES string of the molecule is COc1ccc(CN2CCN(C(=O)c3ccc(C4=NNC(=O)CC4)cc3)CC2)c(OC)c1OC. The van der Waals surface area contributed by atoms with Gasteiger partial charge in [-0.15, -0.1) is 0 Å². The first-order valence-electron chi connectivity index (χ1n) is 11.3. The van der Waals surface area contributed by atoms with Crippen LogP contribution in [0, 0.1) is 0 Å². The summed E-state index contributed by atoms with van der Waals surface area (Å²) >= 11 is 0. The molecule has 1 fully saturated rings. The highest BCUT2D eigenvalue weighted by Gasteiger charge is 2.24. The molecule has 0 atom stereocenters. The maximum Gasteiger partial charge on any atom is 0.253 e. The standard InChI is InChI=1S/C25H30N4O5/c1-32-21-10-8-19(23(33-2)24(21)34-3)16-28-12-14-29(15-13-28)25(31)18-6-4-17(5-7-18)20-9-11-22(30)27-26-20/h4-8,10H,9,11-16H2,1-3H3,(H,27,30). The number of carbonyl (C=O) groups is 2. The average Bonchev–Trinajstić information content (AvgIpc) is 2.89. The summed E-state index contributed by atoms with van der Waals surface area (Å²) in [6.45, 7) is 3.51. The molecule has 2 aromatic carbocycles. The molecule has 9 heteroatoms. The summed E-state index contributed by atoms with van der Waals surface area (Å²) in [7, 11) is 4.82. The van der Waals surface area contributed by atoms with Gasteiger partial charge in [0.15, 0.2) is 11.5 Å². The molecule has 4 rings (SSSR count). The van der Waals surface area contributed by atoms with E-state index in [1.165, 1.54) is 0 Å². The molecule has 2 amide bonds. The normalized spacial score (nSPS) is 16.5. The average molecular weight is 467 g/mol. The van der Waals surface area contributed by atoms with Gasteiger partial charge in [0.1, 0.15) is 0 Å². The first-order valence-corrected chi connectivity index (χ1v) is 11.3. The van der Waals surface area contributed by atoms with Gasteiger partial charge >= 0.3 is 0 Å². The second-order valence-corrected chi connectivity index (χ2v) is 8.23. The van der Waals surface area contributed by atoms with E-state index in [0.29, 0.717) is 55.3 Å². The molecular weight excluding hydrogens is 436 g/mol. The zero-order valence-electron chi connectivity index (χ0n) is 19.8. The molecule has 0 unspecified atom stereocenters. The Bertz CT molecular complexity index is 1080. The smallest absolute Gasteiger partial charge is 0.253 e. The minimum atomic E-state index is -0.0701. The number of carbonyl (C=O) groups excluding carboxylic acids is 2. The first-order chi connectivity index (χ1) is 16.5. The number of nitrogens with zero attached hydrogens (tertiary/aromatic N) is 3. The molecule has 180 valence electrons. The van der Waals surface area contributed by atoms with Crippen LogP contribution in [-0.4, -0.2) is 74.8 Å². The zero-order chi connectivity index (χ0) is 24.1. The molecule has 2 aliphatic heterocycles. The number of rotatable bonds is 7. The molecule has 0 aliphatic carbocycles. The fourth-order valence-electron chi connectivity index (χ4n) is 4.31. The number of amides is 2. The van der Waals surface area contributed by atoms with Crippen molar-refractivity contribution in [2.75, 3.05) is 47.5 Å². The summed E-state index contributed by atoms with van der Waals surface area (Å²) in [5, 5.41) is 4.11. The van der Waals surface area contributed by atoms with Gasteiger partial charge in [0, 0.05) is 56.7 Å². The molecule has 1 saturated heterocycles. The Balaban J connectivity index is 1.36. The van der Waals surface area contributed by atoms with Crippen LogP contribution in [0.1, 0.15) is 34.3 Å². The molecular formula is C25H30N4O5. The summed E-state index contributed by atoms with van der Waals surface area (Å²) in [5.74, 6) is 1.84. The minimum absolute atomic E-state index is 0.0220. The van der Waals surface area contributed by atoms with E-state index in [4.69, 9.17) is 14.2 Å². The highest BCUT2D eigenvalue weighted by Crippen LogP contribution is 2.40. The Kier molecular flexibility index (Phi) is 7.32. The number of hydrazone groups is 1. The molecule has 9 nitrogen and oxygen atoms in total. The Labute approximate surface area is 199 Å². The molecule has 0 spiro atoms. The summed E-state index contributed by atoms with van der Waals surface area (Å²) in [6.07, 6.45) is 1.03. The predicted molar refractivity (Wildman–Crippen MR) is 128 cm³/mol. The predicted octanol–water partition coefficient (Wildman–Crippen LogP) is 2.28. The second kappa shape index (κ2) is 10.6. The van der Waals surface area contributed by atoms with E-state index in [9.17, 15) is 9.59 Å². The number of hydrogen-bond acceptors (Lipinski definition) is 7. The van der Waals surface area contributed by atoms with Gasteiger partial charge in [-0.2, -0.15) is 5.10 Å². The summed E-state index contributed by atoms with van der Waals surface area (Å²) < 4.78 is 16.5. The van der Waals surface area contributed by atoms with Crippen molar-refractivity contribution in [3.8, 4) is 17.2 Å². The summed E-state index contributed by atoms with van der Waals surface area (Å²) in [5.41, 5.74) is 5.92. The molecule has 2 aromatic rings. The second-order valence-electron chi connectivity index (χ2n) is 8.23. The Morgan fingerprint density at radius 2 is 1.62 bits per heavy atom. The molecule has 34 heavy (non-hydrogen) atoms. The van der Waals surface area contributed by atoms with E-state index >= 15 is 0 Å². The van der Waals surface area contributed by atoms with Gasteiger partial charge in [0.2, 0.25) is 11.7 Å². The van der Waals surface area contributed by atoms with Crippen molar-refractivity contribution < 1.29 is 23.8 Å². The number of ether oxygens (including phenoxy) is 3. The Morgan fingerprint density at radius 1 is 0.912 bits per heavy atom. The van der Waals surface area contributed by atoms with Gasteiger partial charge in [0.05, 0.1) is 27.0 Å². The van der Waals surface area contributed by atoms with Crippen molar-refractivity contribution in [2.45, 2.75) is 19.4 Å². The van der Waals surface area contributed by atoms with Crippen LogP contribution in [0.2, 0.25) is 0 Å². The van der Waals surface area contributed by atoms with Crippen LogP contribution in [0.5, 0.6) is 17.2 Å². The number of hydrogen-bond donors (Lipinski definition) is 1. The Morgan fingerprint density at radius 3 is 2.21 bits per heavy atom. The highest BCUT2D eigenvalue weighted by molar-refractivity contribution is 6.05. The van der Waals surface area contributed by atoms with Crippen molar-refractivity contribution in [3.63, 3.8) is 0 Å². The fraction of sp³-hybridized carbons (Fsp3) is 0.400. The van der Waals surface area contributed by atoms with Crippen LogP contribution in [-0.2, 0) is 11.3 Å². The topological polar surface area (TPSA) is 92.7 Å². The zero-order valence-corrected chi connectivity index (χ0v) is 19.8. The maximum atomic E-state index is 13.0. The monoisotopic (exact) mass is 466 g/mol. The molecule has 1 N–H and O–H groups in total. The third kappa shape index (κ3) is 4.99. The van der Waals surface area contributed by atoms with E-state index in [0.717, 1.165) is 29.9 Å². The third-order valence-electron chi connectivity index (χ3n) is 6.21. The molecule has 0 aromatic heterocycles. The van der Waals surface area contributed by atoms with Crippen LogP contribution < -0.4 is 19.6 Å². The van der Waals surface area contributed by atoms with E-state index < -0.39 is 0 Å². The van der Waals surface area contributed by atoms with Crippen molar-refractivity contribution in [2.24, 2.45) is 5.10 Å². The quantitative estimate of drug-likeness (QED) is 0.673. The van der Waals surface area contributed by atoms with Crippen molar-refractivity contribution in [1.82, 2.24) is 15.2 Å². The van der Waals surface area contributed by atoms with Crippen LogP contribution in [0.3, 0.4) is 0 Å². The van der Waals surface area contributed by atoms with E-state index in [1.807, 2.05) is 41.3 Å². The largest absolute Gasteiger partial charge is 0.493 e. The summed E-state index contributed by atoms with van der Waals surface area (Å²) in [6, 6.07) is 11.3. The van der Waals surface area contributed by atoms with Crippen molar-refractivity contribution >= 4 is 17.5 Å². The summed E-state index contributed by atoms with van der Waals surface area (Å²) in [4.78, 5) is 28.5. The molecule has 2 heterocycles. The van der Waals surface area contributed by atoms with E-state index in [2.05, 4.69) is 15.4 Å². The first kappa shape index (κ1) is 23.6. The van der Waals surface area contributed by atoms with E-state index in [1.54, 1.807) is 21.3 Å². The van der Waals surface area contributed by atoms with Gasteiger partial charge < -0.3 is 19.1 Å². The van der Waals surface area contributed by atoms with Gasteiger partial charge in [-0.05, 0) is 23.8 Å². The van der Waals surface area contributed by atoms with E-state index in [-0.39, 0.29) is 11.8 Å². The lowest BCUT2D eigenvalue weighted by atomic mass is 10.0. The third-order valence-corrected chi connectivity index (χ3v) is 6.21. The van der Waals surface area contributed by atoms with Gasteiger partial charge in [0.25, 0.3) is 5.91 Å². The van der Waals surface area contributed by atoms with Crippen LogP contribution in [0.15, 0.2) is 41.5 Å². The molecule has 0 radical (unpaired) electrons. The Hall–Kier alpha value is -3.59. The highest BCUT2D eigenvalue weighted by atomic mass is 16.5. The fourth-order valence-corrected chi connectivity index (χ4v) is 4.31. The number of piperazine rings is 1. The number of methoxy groups -OCH3 is 3. The van der Waals surface area contributed by atoms with Crippen LogP contribution >= 0.6 is 0 Å².